The quantitative estimate of drug-likeness (QED) is 0.368. The van der Waals surface area contributed by atoms with Gasteiger partial charge in [-0.2, -0.15) is 11.8 Å². The minimum atomic E-state index is -0.375. The predicted octanol–water partition coefficient (Wildman–Crippen LogP) is 5.81. The number of carbonyl (C=O) groups excluding carboxylic acids is 2. The predicted molar refractivity (Wildman–Crippen MR) is 129 cm³/mol. The van der Waals surface area contributed by atoms with E-state index in [1.807, 2.05) is 17.8 Å². The highest BCUT2D eigenvalue weighted by Gasteiger charge is 2.22. The van der Waals surface area contributed by atoms with Crippen molar-refractivity contribution in [2.24, 2.45) is 5.92 Å². The number of hydrogen-bond donors (Lipinski definition) is 2. The van der Waals surface area contributed by atoms with E-state index in [1.165, 1.54) is 30.3 Å². The Labute approximate surface area is 191 Å². The molecule has 2 N–H and O–H groups in total. The summed E-state index contributed by atoms with van der Waals surface area (Å²) < 4.78 is 13.9. The lowest BCUT2D eigenvalue weighted by Gasteiger charge is -2.19. The summed E-state index contributed by atoms with van der Waals surface area (Å²) in [6.07, 6.45) is 3.68. The highest BCUT2D eigenvalue weighted by Crippen LogP contribution is 2.39. The average molecular weight is 459 g/mol. The van der Waals surface area contributed by atoms with Crippen molar-refractivity contribution in [3.8, 4) is 0 Å². The molecule has 2 aromatic carbocycles. The van der Waals surface area contributed by atoms with Crippen LogP contribution in [0.5, 0.6) is 0 Å². The number of anilines is 1. The number of rotatable bonds is 9. The van der Waals surface area contributed by atoms with E-state index >= 15 is 0 Å². The van der Waals surface area contributed by atoms with Crippen LogP contribution in [0.25, 0.3) is 6.08 Å². The summed E-state index contributed by atoms with van der Waals surface area (Å²) in [6, 6.07) is 11.6. The molecule has 1 aliphatic heterocycles. The first kappa shape index (κ1) is 23.4. The van der Waals surface area contributed by atoms with Crippen molar-refractivity contribution >= 4 is 47.1 Å². The van der Waals surface area contributed by atoms with Crippen molar-refractivity contribution in [1.29, 1.82) is 0 Å². The molecule has 1 heterocycles. The molecule has 7 heteroatoms. The molecule has 2 aromatic rings. The number of nitrogens with one attached hydrogen (secondary N) is 2. The second kappa shape index (κ2) is 11.4. The van der Waals surface area contributed by atoms with Gasteiger partial charge in [0.05, 0.1) is 10.6 Å². The van der Waals surface area contributed by atoms with Crippen LogP contribution in [0.2, 0.25) is 0 Å². The van der Waals surface area contributed by atoms with Gasteiger partial charge < -0.3 is 10.6 Å². The van der Waals surface area contributed by atoms with Crippen LogP contribution in [0.4, 0.5) is 10.1 Å². The van der Waals surface area contributed by atoms with E-state index in [-0.39, 0.29) is 17.6 Å². The summed E-state index contributed by atoms with van der Waals surface area (Å²) >= 11 is 3.19. The van der Waals surface area contributed by atoms with Gasteiger partial charge in [0, 0.05) is 22.6 Å². The molecular weight excluding hydrogens is 431 g/mol. The van der Waals surface area contributed by atoms with Gasteiger partial charge in [0.1, 0.15) is 5.82 Å². The van der Waals surface area contributed by atoms with E-state index in [0.29, 0.717) is 28.3 Å². The number of fused-ring (bicyclic) bond motifs is 1. The molecular formula is C24H27FN2O2S2. The minimum Gasteiger partial charge on any atom is -0.352 e. The second-order valence-corrected chi connectivity index (χ2v) is 10.0. The Hall–Kier alpha value is -2.25. The van der Waals surface area contributed by atoms with Gasteiger partial charge >= 0.3 is 0 Å². The van der Waals surface area contributed by atoms with Crippen molar-refractivity contribution in [1.82, 2.24) is 5.32 Å². The molecule has 0 aromatic heterocycles. The summed E-state index contributed by atoms with van der Waals surface area (Å²) in [5.41, 5.74) is 1.47. The molecule has 0 spiro atoms. The molecule has 0 bridgehead atoms. The largest absolute Gasteiger partial charge is 0.352 e. The fourth-order valence-electron chi connectivity index (χ4n) is 2.93. The van der Waals surface area contributed by atoms with Gasteiger partial charge in [0.15, 0.2) is 0 Å². The van der Waals surface area contributed by atoms with Gasteiger partial charge in [-0.1, -0.05) is 43.8 Å². The number of benzene rings is 2. The van der Waals surface area contributed by atoms with E-state index in [0.717, 1.165) is 28.7 Å². The third kappa shape index (κ3) is 6.87. The molecule has 0 unspecified atom stereocenters. The highest BCUT2D eigenvalue weighted by atomic mass is 32.2. The second-order valence-electron chi connectivity index (χ2n) is 7.70. The lowest BCUT2D eigenvalue weighted by molar-refractivity contribution is -0.112. The molecule has 0 fully saturated rings. The van der Waals surface area contributed by atoms with E-state index in [9.17, 15) is 14.0 Å². The lowest BCUT2D eigenvalue weighted by atomic mass is 10.1. The maximum atomic E-state index is 13.9. The fourth-order valence-corrected chi connectivity index (χ4v) is 5.05. The number of halogens is 1. The van der Waals surface area contributed by atoms with E-state index < -0.39 is 0 Å². The van der Waals surface area contributed by atoms with Crippen molar-refractivity contribution in [3.05, 3.63) is 64.3 Å². The maximum Gasteiger partial charge on any atom is 0.262 e. The minimum absolute atomic E-state index is 0.151. The summed E-state index contributed by atoms with van der Waals surface area (Å²) in [4.78, 5) is 26.1. The summed E-state index contributed by atoms with van der Waals surface area (Å²) in [5, 5.41) is 5.75. The Bertz CT molecular complexity index is 976. The van der Waals surface area contributed by atoms with Crippen LogP contribution >= 0.6 is 23.5 Å². The van der Waals surface area contributed by atoms with Crippen molar-refractivity contribution in [2.75, 3.05) is 23.4 Å². The first-order chi connectivity index (χ1) is 14.9. The zero-order chi connectivity index (χ0) is 22.2. The van der Waals surface area contributed by atoms with Gasteiger partial charge in [0.2, 0.25) is 0 Å². The zero-order valence-corrected chi connectivity index (χ0v) is 19.4. The molecule has 0 atom stereocenters. The monoisotopic (exact) mass is 458 g/mol. The molecule has 1 aliphatic rings. The number of carbonyl (C=O) groups is 2. The van der Waals surface area contributed by atoms with Gasteiger partial charge in [-0.05, 0) is 60.6 Å². The number of amides is 2. The van der Waals surface area contributed by atoms with Gasteiger partial charge in [0.25, 0.3) is 11.8 Å². The normalized spacial score (nSPS) is 14.5. The van der Waals surface area contributed by atoms with Gasteiger partial charge in [-0.3, -0.25) is 9.59 Å². The number of hydrogen-bond acceptors (Lipinski definition) is 4. The van der Waals surface area contributed by atoms with Gasteiger partial charge in [-0.25, -0.2) is 4.39 Å². The molecule has 0 saturated heterocycles. The van der Waals surface area contributed by atoms with Crippen LogP contribution in [0.1, 0.15) is 42.6 Å². The Kier molecular flexibility index (Phi) is 8.60. The topological polar surface area (TPSA) is 58.2 Å². The van der Waals surface area contributed by atoms with E-state index in [4.69, 9.17) is 0 Å². The third-order valence-corrected chi connectivity index (χ3v) is 6.92. The first-order valence-corrected chi connectivity index (χ1v) is 12.4. The number of thioether (sulfide) groups is 2. The SMILES string of the molecule is CC(C)CCSCCCNC(=O)c1ccc2c(c1)NC(=O)C(=Cc1ccccc1F)S2. The average Bonchev–Trinajstić information content (AvgIpc) is 2.74. The van der Waals surface area contributed by atoms with Crippen molar-refractivity contribution < 1.29 is 14.0 Å². The fraction of sp³-hybridized carbons (Fsp3) is 0.333. The summed E-state index contributed by atoms with van der Waals surface area (Å²) in [5.74, 6) is 2.07. The Morgan fingerprint density at radius 3 is 2.81 bits per heavy atom. The van der Waals surface area contributed by atoms with Crippen LogP contribution in [-0.2, 0) is 4.79 Å². The standard InChI is InChI=1S/C24H27FN2O2S2/c1-16(2)10-13-30-12-5-11-26-23(28)18-8-9-21-20(14-18)27-24(29)22(31-21)15-17-6-3-4-7-19(17)25/h3-4,6-9,14-16H,5,10-13H2,1-2H3,(H,26,28)(H,27,29). The van der Waals surface area contributed by atoms with E-state index in [1.54, 1.807) is 30.3 Å². The van der Waals surface area contributed by atoms with Crippen LogP contribution in [0, 0.1) is 11.7 Å². The molecule has 0 saturated carbocycles. The molecule has 2 amide bonds. The molecule has 3 rings (SSSR count). The Morgan fingerprint density at radius 1 is 1.23 bits per heavy atom. The zero-order valence-electron chi connectivity index (χ0n) is 17.7. The van der Waals surface area contributed by atoms with Crippen LogP contribution in [-0.4, -0.2) is 29.9 Å². The molecule has 164 valence electrons. The molecule has 31 heavy (non-hydrogen) atoms. The van der Waals surface area contributed by atoms with Crippen LogP contribution in [0.3, 0.4) is 0 Å². The Morgan fingerprint density at radius 2 is 2.03 bits per heavy atom. The van der Waals surface area contributed by atoms with Crippen LogP contribution in [0.15, 0.2) is 52.3 Å². The van der Waals surface area contributed by atoms with Gasteiger partial charge in [-0.15, -0.1) is 0 Å². The highest BCUT2D eigenvalue weighted by molar-refractivity contribution is 8.04. The van der Waals surface area contributed by atoms with Crippen molar-refractivity contribution in [3.63, 3.8) is 0 Å². The third-order valence-electron chi connectivity index (χ3n) is 4.72. The van der Waals surface area contributed by atoms with Crippen molar-refractivity contribution in [2.45, 2.75) is 31.6 Å². The maximum absolute atomic E-state index is 13.9. The summed E-state index contributed by atoms with van der Waals surface area (Å²) in [7, 11) is 0. The molecule has 0 radical (unpaired) electrons. The smallest absolute Gasteiger partial charge is 0.262 e. The Balaban J connectivity index is 1.55. The lowest BCUT2D eigenvalue weighted by Crippen LogP contribution is -2.25. The summed E-state index contributed by atoms with van der Waals surface area (Å²) in [6.45, 7) is 5.07. The van der Waals surface area contributed by atoms with E-state index in [2.05, 4.69) is 24.5 Å². The van der Waals surface area contributed by atoms with Crippen LogP contribution < -0.4 is 10.6 Å². The molecule has 0 aliphatic carbocycles. The molecule has 4 nitrogen and oxygen atoms in total. The first-order valence-electron chi connectivity index (χ1n) is 10.4.